The van der Waals surface area contributed by atoms with Crippen LogP contribution in [-0.4, -0.2) is 17.1 Å². The lowest BCUT2D eigenvalue weighted by molar-refractivity contribution is -0.145. The molecule has 3 heteroatoms. The van der Waals surface area contributed by atoms with Gasteiger partial charge in [0.2, 0.25) is 0 Å². The molecule has 0 spiro atoms. The van der Waals surface area contributed by atoms with Gasteiger partial charge in [-0.2, -0.15) is 0 Å². The van der Waals surface area contributed by atoms with Crippen molar-refractivity contribution in [2.45, 2.75) is 70.4 Å². The molecule has 0 heterocycles. The smallest absolute Gasteiger partial charge is 0.328 e. The van der Waals surface area contributed by atoms with Gasteiger partial charge in [-0.1, -0.05) is 57.9 Å². The zero-order chi connectivity index (χ0) is 15.7. The Morgan fingerprint density at radius 2 is 1.52 bits per heavy atom. The Bertz CT molecular complexity index is 495. The molecule has 1 saturated carbocycles. The average molecular weight is 289 g/mol. The summed E-state index contributed by atoms with van der Waals surface area (Å²) in [7, 11) is 0. The van der Waals surface area contributed by atoms with Crippen molar-refractivity contribution < 1.29 is 9.90 Å². The normalized spacial score (nSPS) is 19.4. The molecule has 1 unspecified atom stereocenters. The van der Waals surface area contributed by atoms with E-state index in [1.165, 1.54) is 18.4 Å². The molecular formula is C18H27NO2. The van der Waals surface area contributed by atoms with Crippen molar-refractivity contribution in [1.82, 2.24) is 5.32 Å². The SMILES string of the molecule is CC(C)(C)c1ccc(C(C)(NC2CCCC2)C(=O)O)cc1. The van der Waals surface area contributed by atoms with E-state index in [1.807, 2.05) is 24.3 Å². The number of benzene rings is 1. The fourth-order valence-corrected chi connectivity index (χ4v) is 3.05. The van der Waals surface area contributed by atoms with Gasteiger partial charge in [0.05, 0.1) is 0 Å². The molecule has 1 fully saturated rings. The Labute approximate surface area is 127 Å². The number of aliphatic carboxylic acids is 1. The molecule has 0 amide bonds. The molecule has 116 valence electrons. The molecule has 0 saturated heterocycles. The van der Waals surface area contributed by atoms with Gasteiger partial charge >= 0.3 is 5.97 Å². The van der Waals surface area contributed by atoms with Crippen LogP contribution < -0.4 is 5.32 Å². The van der Waals surface area contributed by atoms with Gasteiger partial charge in [0, 0.05) is 6.04 Å². The zero-order valence-electron chi connectivity index (χ0n) is 13.6. The quantitative estimate of drug-likeness (QED) is 0.886. The maximum atomic E-state index is 11.8. The molecular weight excluding hydrogens is 262 g/mol. The summed E-state index contributed by atoms with van der Waals surface area (Å²) in [6, 6.07) is 8.32. The number of nitrogens with one attached hydrogen (secondary N) is 1. The molecule has 1 aliphatic carbocycles. The second-order valence-corrected chi connectivity index (χ2v) is 7.38. The zero-order valence-corrected chi connectivity index (χ0v) is 13.6. The van der Waals surface area contributed by atoms with E-state index in [0.717, 1.165) is 18.4 Å². The Hall–Kier alpha value is -1.35. The lowest BCUT2D eigenvalue weighted by Gasteiger charge is -2.31. The summed E-state index contributed by atoms with van der Waals surface area (Å²) in [4.78, 5) is 11.8. The molecule has 3 nitrogen and oxygen atoms in total. The number of carboxylic acid groups (broad SMARTS) is 1. The van der Waals surface area contributed by atoms with Crippen LogP contribution in [-0.2, 0) is 15.7 Å². The van der Waals surface area contributed by atoms with Crippen LogP contribution in [0.5, 0.6) is 0 Å². The van der Waals surface area contributed by atoms with Crippen LogP contribution in [0.3, 0.4) is 0 Å². The molecule has 1 aromatic carbocycles. The van der Waals surface area contributed by atoms with Crippen LogP contribution >= 0.6 is 0 Å². The second-order valence-electron chi connectivity index (χ2n) is 7.38. The Morgan fingerprint density at radius 3 is 1.95 bits per heavy atom. The van der Waals surface area contributed by atoms with Crippen LogP contribution in [0, 0.1) is 0 Å². The van der Waals surface area contributed by atoms with Crippen LogP contribution in [0.4, 0.5) is 0 Å². The number of hydrogen-bond donors (Lipinski definition) is 2. The van der Waals surface area contributed by atoms with Gasteiger partial charge in [0.15, 0.2) is 0 Å². The summed E-state index contributed by atoms with van der Waals surface area (Å²) in [5.41, 5.74) is 1.12. The summed E-state index contributed by atoms with van der Waals surface area (Å²) < 4.78 is 0. The van der Waals surface area contributed by atoms with Gasteiger partial charge < -0.3 is 5.11 Å². The topological polar surface area (TPSA) is 49.3 Å². The van der Waals surface area contributed by atoms with Crippen LogP contribution in [0.15, 0.2) is 24.3 Å². The largest absolute Gasteiger partial charge is 0.480 e. The monoisotopic (exact) mass is 289 g/mol. The summed E-state index contributed by atoms with van der Waals surface area (Å²) in [6.07, 6.45) is 4.53. The van der Waals surface area contributed by atoms with Crippen LogP contribution in [0.25, 0.3) is 0 Å². The van der Waals surface area contributed by atoms with E-state index >= 15 is 0 Å². The third-order valence-corrected chi connectivity index (χ3v) is 4.60. The summed E-state index contributed by atoms with van der Waals surface area (Å²) in [5, 5.41) is 13.1. The average Bonchev–Trinajstić information content (AvgIpc) is 2.90. The molecule has 0 aromatic heterocycles. The highest BCUT2D eigenvalue weighted by Gasteiger charge is 2.37. The van der Waals surface area contributed by atoms with E-state index in [1.54, 1.807) is 6.92 Å². The second kappa shape index (κ2) is 5.80. The minimum atomic E-state index is -1.01. The highest BCUT2D eigenvalue weighted by atomic mass is 16.4. The van der Waals surface area contributed by atoms with Gasteiger partial charge in [-0.05, 0) is 36.3 Å². The van der Waals surface area contributed by atoms with Crippen molar-refractivity contribution >= 4 is 5.97 Å². The molecule has 1 atom stereocenters. The van der Waals surface area contributed by atoms with Crippen molar-refractivity contribution in [3.63, 3.8) is 0 Å². The van der Waals surface area contributed by atoms with Gasteiger partial charge in [0.1, 0.15) is 5.54 Å². The van der Waals surface area contributed by atoms with Crippen molar-refractivity contribution in [2.24, 2.45) is 0 Å². The lowest BCUT2D eigenvalue weighted by Crippen LogP contribution is -2.50. The minimum absolute atomic E-state index is 0.0804. The summed E-state index contributed by atoms with van der Waals surface area (Å²) in [5.74, 6) is -0.807. The molecule has 0 bridgehead atoms. The van der Waals surface area contributed by atoms with Crippen molar-refractivity contribution in [3.8, 4) is 0 Å². The fourth-order valence-electron chi connectivity index (χ4n) is 3.05. The van der Waals surface area contributed by atoms with E-state index < -0.39 is 11.5 Å². The van der Waals surface area contributed by atoms with E-state index in [-0.39, 0.29) is 5.41 Å². The van der Waals surface area contributed by atoms with Gasteiger partial charge in [0.25, 0.3) is 0 Å². The molecule has 21 heavy (non-hydrogen) atoms. The van der Waals surface area contributed by atoms with Crippen LogP contribution in [0.1, 0.15) is 64.5 Å². The van der Waals surface area contributed by atoms with E-state index in [0.29, 0.717) is 6.04 Å². The highest BCUT2D eigenvalue weighted by molar-refractivity contribution is 5.80. The standard InChI is InChI=1S/C18H27NO2/c1-17(2,3)13-9-11-14(12-10-13)18(4,16(20)21)19-15-7-5-6-8-15/h9-12,15,19H,5-8H2,1-4H3,(H,20,21). The molecule has 2 rings (SSSR count). The van der Waals surface area contributed by atoms with Gasteiger partial charge in [-0.25, -0.2) is 4.79 Å². The first kappa shape index (κ1) is 16.0. The first-order valence-corrected chi connectivity index (χ1v) is 7.85. The summed E-state index contributed by atoms with van der Waals surface area (Å²) >= 11 is 0. The lowest BCUT2D eigenvalue weighted by atomic mass is 9.84. The first-order valence-electron chi connectivity index (χ1n) is 7.85. The van der Waals surface area contributed by atoms with Crippen LogP contribution in [0.2, 0.25) is 0 Å². The molecule has 1 aromatic rings. The molecule has 1 aliphatic rings. The molecule has 0 aliphatic heterocycles. The summed E-state index contributed by atoms with van der Waals surface area (Å²) in [6.45, 7) is 8.26. The van der Waals surface area contributed by atoms with Gasteiger partial charge in [-0.15, -0.1) is 0 Å². The number of carboxylic acids is 1. The van der Waals surface area contributed by atoms with Crippen molar-refractivity contribution in [1.29, 1.82) is 0 Å². The predicted molar refractivity (Wildman–Crippen MR) is 85.5 cm³/mol. The van der Waals surface area contributed by atoms with E-state index in [2.05, 4.69) is 26.1 Å². The first-order chi connectivity index (χ1) is 9.73. The van der Waals surface area contributed by atoms with Gasteiger partial charge in [-0.3, -0.25) is 5.32 Å². The molecule has 0 radical (unpaired) electrons. The Kier molecular flexibility index (Phi) is 4.43. The Balaban J connectivity index is 2.27. The minimum Gasteiger partial charge on any atom is -0.480 e. The van der Waals surface area contributed by atoms with E-state index in [9.17, 15) is 9.90 Å². The maximum Gasteiger partial charge on any atom is 0.328 e. The number of carbonyl (C=O) groups is 1. The van der Waals surface area contributed by atoms with Crippen molar-refractivity contribution in [2.75, 3.05) is 0 Å². The predicted octanol–water partition coefficient (Wildman–Crippen LogP) is 3.82. The highest BCUT2D eigenvalue weighted by Crippen LogP contribution is 2.29. The maximum absolute atomic E-state index is 11.8. The van der Waals surface area contributed by atoms with Crippen molar-refractivity contribution in [3.05, 3.63) is 35.4 Å². The Morgan fingerprint density at radius 1 is 1.05 bits per heavy atom. The number of hydrogen-bond acceptors (Lipinski definition) is 2. The third kappa shape index (κ3) is 3.46. The fraction of sp³-hybridized carbons (Fsp3) is 0.611. The third-order valence-electron chi connectivity index (χ3n) is 4.60. The molecule has 2 N–H and O–H groups in total. The van der Waals surface area contributed by atoms with E-state index in [4.69, 9.17) is 0 Å². The number of rotatable bonds is 4.